The molecule has 100 valence electrons. The summed E-state index contributed by atoms with van der Waals surface area (Å²) in [5.41, 5.74) is 0. The van der Waals surface area contributed by atoms with Gasteiger partial charge in [-0.3, -0.25) is 4.79 Å². The van der Waals surface area contributed by atoms with Crippen molar-refractivity contribution < 1.29 is 4.79 Å². The minimum atomic E-state index is 0.213. The first kappa shape index (κ1) is 14.8. The van der Waals surface area contributed by atoms with Crippen LogP contribution < -0.4 is 10.6 Å². The Morgan fingerprint density at radius 3 is 3.00 bits per heavy atom. The van der Waals surface area contributed by atoms with E-state index in [4.69, 9.17) is 0 Å². The molecular weight excluding hydrogens is 232 g/mol. The Bertz CT molecular complexity index is 217. The van der Waals surface area contributed by atoms with Crippen LogP contribution in [0.25, 0.3) is 0 Å². The third-order valence-corrected chi connectivity index (χ3v) is 4.13. The van der Waals surface area contributed by atoms with Gasteiger partial charge >= 0.3 is 0 Å². The highest BCUT2D eigenvalue weighted by molar-refractivity contribution is 7.98. The van der Waals surface area contributed by atoms with Crippen LogP contribution in [0.2, 0.25) is 0 Å². The van der Waals surface area contributed by atoms with Crippen LogP contribution in [0.5, 0.6) is 0 Å². The average Bonchev–Trinajstić information content (AvgIpc) is 2.35. The van der Waals surface area contributed by atoms with Crippen LogP contribution >= 0.6 is 11.8 Å². The highest BCUT2D eigenvalue weighted by atomic mass is 32.2. The van der Waals surface area contributed by atoms with Crippen molar-refractivity contribution in [1.82, 2.24) is 10.6 Å². The van der Waals surface area contributed by atoms with E-state index in [0.29, 0.717) is 18.4 Å². The summed E-state index contributed by atoms with van der Waals surface area (Å²) < 4.78 is 0. The molecule has 1 rings (SSSR count). The first-order chi connectivity index (χ1) is 8.22. The first-order valence-corrected chi connectivity index (χ1v) is 8.10. The molecule has 4 heteroatoms. The minimum absolute atomic E-state index is 0.213. The first-order valence-electron chi connectivity index (χ1n) is 6.71. The summed E-state index contributed by atoms with van der Waals surface area (Å²) in [6.07, 6.45) is 7.59. The van der Waals surface area contributed by atoms with Crippen LogP contribution in [0, 0.1) is 5.92 Å². The van der Waals surface area contributed by atoms with Gasteiger partial charge in [-0.15, -0.1) is 0 Å². The number of hydrogen-bond acceptors (Lipinski definition) is 3. The van der Waals surface area contributed by atoms with Crippen molar-refractivity contribution in [3.63, 3.8) is 0 Å². The molecule has 2 N–H and O–H groups in total. The van der Waals surface area contributed by atoms with E-state index in [1.165, 1.54) is 19.3 Å². The van der Waals surface area contributed by atoms with E-state index in [9.17, 15) is 4.79 Å². The molecule has 1 saturated heterocycles. The van der Waals surface area contributed by atoms with Gasteiger partial charge in [0, 0.05) is 19.0 Å². The Hall–Kier alpha value is -0.220. The van der Waals surface area contributed by atoms with Gasteiger partial charge in [0.15, 0.2) is 0 Å². The Morgan fingerprint density at radius 2 is 2.35 bits per heavy atom. The summed E-state index contributed by atoms with van der Waals surface area (Å²) in [4.78, 5) is 11.6. The number of carbonyl (C=O) groups is 1. The van der Waals surface area contributed by atoms with Crippen molar-refractivity contribution in [2.45, 2.75) is 45.1 Å². The van der Waals surface area contributed by atoms with Gasteiger partial charge in [-0.1, -0.05) is 13.3 Å². The van der Waals surface area contributed by atoms with E-state index in [-0.39, 0.29) is 5.91 Å². The van der Waals surface area contributed by atoms with Gasteiger partial charge < -0.3 is 10.6 Å². The van der Waals surface area contributed by atoms with Crippen LogP contribution in [-0.2, 0) is 4.79 Å². The molecule has 0 aliphatic carbocycles. The number of nitrogens with one attached hydrogen (secondary N) is 2. The standard InChI is InChI=1S/C13H26N2OS/c1-11(10-17-2)9-15-13(16)7-6-12-5-3-4-8-14-12/h11-12,14H,3-10H2,1-2H3,(H,15,16). The second kappa shape index (κ2) is 8.81. The van der Waals surface area contributed by atoms with E-state index in [1.807, 2.05) is 11.8 Å². The quantitative estimate of drug-likeness (QED) is 0.734. The molecule has 2 unspecified atom stereocenters. The summed E-state index contributed by atoms with van der Waals surface area (Å²) in [7, 11) is 0. The average molecular weight is 258 g/mol. The Kier molecular flexibility index (Phi) is 7.69. The van der Waals surface area contributed by atoms with Gasteiger partial charge in [-0.25, -0.2) is 0 Å². The van der Waals surface area contributed by atoms with Crippen LogP contribution in [0.15, 0.2) is 0 Å². The van der Waals surface area contributed by atoms with Gasteiger partial charge in [0.05, 0.1) is 0 Å². The SMILES string of the molecule is CSCC(C)CNC(=O)CCC1CCCCN1. The molecule has 1 aliphatic heterocycles. The fraction of sp³-hybridized carbons (Fsp3) is 0.923. The maximum Gasteiger partial charge on any atom is 0.220 e. The van der Waals surface area contributed by atoms with E-state index >= 15 is 0 Å². The summed E-state index contributed by atoms with van der Waals surface area (Å²) in [5.74, 6) is 1.90. The van der Waals surface area contributed by atoms with E-state index in [2.05, 4.69) is 23.8 Å². The second-order valence-corrected chi connectivity index (χ2v) is 5.96. The molecule has 0 saturated carbocycles. The highest BCUT2D eigenvalue weighted by Gasteiger charge is 2.14. The summed E-state index contributed by atoms with van der Waals surface area (Å²) >= 11 is 1.84. The lowest BCUT2D eigenvalue weighted by Crippen LogP contribution is -2.36. The molecule has 1 aliphatic rings. The number of piperidine rings is 1. The molecule has 1 heterocycles. The molecule has 0 bridgehead atoms. The Morgan fingerprint density at radius 1 is 1.53 bits per heavy atom. The fourth-order valence-corrected chi connectivity index (χ4v) is 2.88. The molecular formula is C13H26N2OS. The molecule has 2 atom stereocenters. The normalized spacial score (nSPS) is 22.1. The lowest BCUT2D eigenvalue weighted by molar-refractivity contribution is -0.121. The van der Waals surface area contributed by atoms with Crippen molar-refractivity contribution in [2.24, 2.45) is 5.92 Å². The predicted molar refractivity (Wildman–Crippen MR) is 75.4 cm³/mol. The molecule has 0 aromatic carbocycles. The van der Waals surface area contributed by atoms with Gasteiger partial charge in [-0.05, 0) is 43.7 Å². The number of hydrogen-bond donors (Lipinski definition) is 2. The van der Waals surface area contributed by atoms with Gasteiger partial charge in [0.1, 0.15) is 0 Å². The zero-order valence-corrected chi connectivity index (χ0v) is 11.9. The number of thioether (sulfide) groups is 1. The Balaban J connectivity index is 2.04. The third kappa shape index (κ3) is 6.94. The van der Waals surface area contributed by atoms with Gasteiger partial charge in [0.25, 0.3) is 0 Å². The van der Waals surface area contributed by atoms with E-state index < -0.39 is 0 Å². The largest absolute Gasteiger partial charge is 0.356 e. The van der Waals surface area contributed by atoms with E-state index in [0.717, 1.165) is 25.3 Å². The van der Waals surface area contributed by atoms with Crippen LogP contribution in [0.1, 0.15) is 39.0 Å². The maximum absolute atomic E-state index is 11.6. The second-order valence-electron chi connectivity index (χ2n) is 5.05. The van der Waals surface area contributed by atoms with Crippen molar-refractivity contribution in [3.8, 4) is 0 Å². The number of rotatable bonds is 7. The highest BCUT2D eigenvalue weighted by Crippen LogP contribution is 2.11. The molecule has 0 aromatic heterocycles. The van der Waals surface area contributed by atoms with Crippen molar-refractivity contribution in [2.75, 3.05) is 25.1 Å². The fourth-order valence-electron chi connectivity index (χ4n) is 2.20. The lowest BCUT2D eigenvalue weighted by Gasteiger charge is -2.23. The molecule has 0 radical (unpaired) electrons. The zero-order valence-electron chi connectivity index (χ0n) is 11.1. The molecule has 0 spiro atoms. The monoisotopic (exact) mass is 258 g/mol. The van der Waals surface area contributed by atoms with Crippen LogP contribution in [0.4, 0.5) is 0 Å². The van der Waals surface area contributed by atoms with Gasteiger partial charge in [0.2, 0.25) is 5.91 Å². The smallest absolute Gasteiger partial charge is 0.220 e. The number of carbonyl (C=O) groups excluding carboxylic acids is 1. The van der Waals surface area contributed by atoms with Crippen molar-refractivity contribution in [1.29, 1.82) is 0 Å². The maximum atomic E-state index is 11.6. The zero-order chi connectivity index (χ0) is 12.5. The molecule has 0 aromatic rings. The van der Waals surface area contributed by atoms with Crippen molar-refractivity contribution >= 4 is 17.7 Å². The summed E-state index contributed by atoms with van der Waals surface area (Å²) in [5, 5.41) is 6.50. The van der Waals surface area contributed by atoms with Crippen LogP contribution in [-0.4, -0.2) is 37.0 Å². The number of amides is 1. The lowest BCUT2D eigenvalue weighted by atomic mass is 10.0. The van der Waals surface area contributed by atoms with E-state index in [1.54, 1.807) is 0 Å². The van der Waals surface area contributed by atoms with Crippen molar-refractivity contribution in [3.05, 3.63) is 0 Å². The Labute approximate surface area is 109 Å². The van der Waals surface area contributed by atoms with Crippen LogP contribution in [0.3, 0.4) is 0 Å². The molecule has 3 nitrogen and oxygen atoms in total. The summed E-state index contributed by atoms with van der Waals surface area (Å²) in [6, 6.07) is 0.568. The van der Waals surface area contributed by atoms with Gasteiger partial charge in [-0.2, -0.15) is 11.8 Å². The topological polar surface area (TPSA) is 41.1 Å². The molecule has 1 amide bonds. The molecule has 1 fully saturated rings. The molecule has 17 heavy (non-hydrogen) atoms. The minimum Gasteiger partial charge on any atom is -0.356 e. The third-order valence-electron chi connectivity index (χ3n) is 3.23. The summed E-state index contributed by atoms with van der Waals surface area (Å²) in [6.45, 7) is 4.12. The predicted octanol–water partition coefficient (Wildman–Crippen LogP) is 2.02.